The molecular formula is C33H37N3O. The van der Waals surface area contributed by atoms with Gasteiger partial charge in [-0.15, -0.1) is 0 Å². The van der Waals surface area contributed by atoms with Crippen molar-refractivity contribution < 1.29 is 4.79 Å². The first-order valence-electron chi connectivity index (χ1n) is 14.2. The number of likely N-dealkylation sites (N-methyl/N-ethyl adjacent to an activating group) is 1. The van der Waals surface area contributed by atoms with Gasteiger partial charge in [0, 0.05) is 34.9 Å². The summed E-state index contributed by atoms with van der Waals surface area (Å²) in [5.41, 5.74) is 5.81. The van der Waals surface area contributed by atoms with Crippen LogP contribution >= 0.6 is 0 Å². The van der Waals surface area contributed by atoms with Gasteiger partial charge in [-0.3, -0.25) is 4.79 Å². The lowest BCUT2D eigenvalue weighted by molar-refractivity contribution is 0.0202. The average Bonchev–Trinajstić information content (AvgIpc) is 2.95. The van der Waals surface area contributed by atoms with E-state index >= 15 is 0 Å². The van der Waals surface area contributed by atoms with Crippen molar-refractivity contribution in [2.24, 2.45) is 11.8 Å². The van der Waals surface area contributed by atoms with Crippen LogP contribution < -0.4 is 10.2 Å². The van der Waals surface area contributed by atoms with Gasteiger partial charge in [0.15, 0.2) is 5.78 Å². The standard InChI is InChI=1S/C33H37N3O/c1-3-22-19-20-34-31-29(22)36(23-12-5-4-6-13-23)28-18-10-9-17-27(28)33(31)26-16-8-7-14-24(26)30(37)25-15-11-21-35(2)32(25)33/h4-10,12-14,16-18,22,25,29,31-32,34H,3,11,15,19-21H2,1-2H3. The maximum absolute atomic E-state index is 14.0. The molecule has 4 heteroatoms. The van der Waals surface area contributed by atoms with Crippen LogP contribution in [0.2, 0.25) is 0 Å². The van der Waals surface area contributed by atoms with Crippen LogP contribution in [0.5, 0.6) is 0 Å². The van der Waals surface area contributed by atoms with Crippen LogP contribution in [-0.2, 0) is 5.41 Å². The van der Waals surface area contributed by atoms with Crippen LogP contribution in [0, 0.1) is 11.8 Å². The zero-order valence-corrected chi connectivity index (χ0v) is 21.9. The summed E-state index contributed by atoms with van der Waals surface area (Å²) in [5, 5.41) is 4.12. The number of para-hydroxylation sites is 2. The molecule has 1 N–H and O–H groups in total. The number of carbonyl (C=O) groups excluding carboxylic acids is 1. The molecule has 4 aliphatic rings. The van der Waals surface area contributed by atoms with E-state index in [1.807, 2.05) is 0 Å². The third kappa shape index (κ3) is 3.12. The number of benzene rings is 3. The second-order valence-corrected chi connectivity index (χ2v) is 11.6. The van der Waals surface area contributed by atoms with Crippen LogP contribution in [0.3, 0.4) is 0 Å². The quantitative estimate of drug-likeness (QED) is 0.492. The number of Topliss-reactive ketones (excluding diaryl/α,β-unsaturated/α-hetero) is 1. The van der Waals surface area contributed by atoms with Gasteiger partial charge in [0.25, 0.3) is 0 Å². The molecule has 7 rings (SSSR count). The van der Waals surface area contributed by atoms with Crippen LogP contribution in [-0.4, -0.2) is 48.9 Å². The monoisotopic (exact) mass is 491 g/mol. The maximum atomic E-state index is 14.0. The molecule has 0 bridgehead atoms. The molecule has 2 fully saturated rings. The Hall–Kier alpha value is -2.95. The molecule has 3 aromatic rings. The number of rotatable bonds is 2. The molecule has 37 heavy (non-hydrogen) atoms. The zero-order valence-electron chi connectivity index (χ0n) is 21.9. The molecule has 0 amide bonds. The lowest BCUT2D eigenvalue weighted by Gasteiger charge is -2.64. The number of likely N-dealkylation sites (tertiary alicyclic amines) is 1. The second kappa shape index (κ2) is 8.82. The normalized spacial score (nSPS) is 32.9. The summed E-state index contributed by atoms with van der Waals surface area (Å²) in [6.45, 7) is 4.41. The molecule has 190 valence electrons. The summed E-state index contributed by atoms with van der Waals surface area (Å²) >= 11 is 0. The Bertz CT molecular complexity index is 1320. The Morgan fingerprint density at radius 3 is 2.46 bits per heavy atom. The summed E-state index contributed by atoms with van der Waals surface area (Å²) in [6, 6.07) is 29.3. The Morgan fingerprint density at radius 2 is 1.65 bits per heavy atom. The fourth-order valence-electron chi connectivity index (χ4n) is 8.66. The molecule has 0 saturated carbocycles. The Labute approximate surface area is 220 Å². The first-order chi connectivity index (χ1) is 18.2. The third-order valence-electron chi connectivity index (χ3n) is 9.98. The third-order valence-corrected chi connectivity index (χ3v) is 9.98. The molecule has 2 saturated heterocycles. The van der Waals surface area contributed by atoms with Crippen molar-refractivity contribution in [3.05, 3.63) is 95.6 Å². The van der Waals surface area contributed by atoms with Crippen LogP contribution in [0.25, 0.3) is 0 Å². The minimum absolute atomic E-state index is 0.0226. The number of nitrogens with zero attached hydrogens (tertiary/aromatic N) is 2. The first kappa shape index (κ1) is 23.2. The van der Waals surface area contributed by atoms with E-state index < -0.39 is 0 Å². The molecule has 3 aromatic carbocycles. The van der Waals surface area contributed by atoms with Crippen LogP contribution in [0.4, 0.5) is 11.4 Å². The summed E-state index contributed by atoms with van der Waals surface area (Å²) < 4.78 is 0. The van der Waals surface area contributed by atoms with Crippen molar-refractivity contribution in [3.63, 3.8) is 0 Å². The van der Waals surface area contributed by atoms with E-state index in [-0.39, 0.29) is 23.4 Å². The molecule has 3 aliphatic heterocycles. The fourth-order valence-corrected chi connectivity index (χ4v) is 8.66. The Balaban J connectivity index is 1.60. The fraction of sp³-hybridized carbons (Fsp3) is 0.424. The minimum Gasteiger partial charge on any atom is -0.336 e. The number of piperidine rings is 2. The van der Waals surface area contributed by atoms with Crippen molar-refractivity contribution in [2.75, 3.05) is 25.0 Å². The van der Waals surface area contributed by atoms with Gasteiger partial charge >= 0.3 is 0 Å². The molecule has 6 unspecified atom stereocenters. The first-order valence-corrected chi connectivity index (χ1v) is 14.2. The smallest absolute Gasteiger partial charge is 0.167 e. The van der Waals surface area contributed by atoms with Gasteiger partial charge in [0.1, 0.15) is 0 Å². The van der Waals surface area contributed by atoms with Gasteiger partial charge in [0.05, 0.1) is 11.5 Å². The van der Waals surface area contributed by atoms with Crippen molar-refractivity contribution >= 4 is 17.2 Å². The van der Waals surface area contributed by atoms with Crippen molar-refractivity contribution in [2.45, 2.75) is 56.1 Å². The van der Waals surface area contributed by atoms with Crippen LogP contribution in [0.15, 0.2) is 78.9 Å². The van der Waals surface area contributed by atoms with Gasteiger partial charge in [0.2, 0.25) is 0 Å². The molecule has 4 nitrogen and oxygen atoms in total. The molecule has 0 aromatic heterocycles. The van der Waals surface area contributed by atoms with Crippen molar-refractivity contribution in [1.82, 2.24) is 10.2 Å². The Kier molecular flexibility index (Phi) is 5.53. The van der Waals surface area contributed by atoms with E-state index in [1.54, 1.807) is 0 Å². The zero-order chi connectivity index (χ0) is 25.1. The molecule has 3 heterocycles. The van der Waals surface area contributed by atoms with E-state index in [9.17, 15) is 4.79 Å². The van der Waals surface area contributed by atoms with E-state index in [0.29, 0.717) is 17.7 Å². The molecule has 6 atom stereocenters. The molecule has 1 spiro atoms. The number of hydrogen-bond donors (Lipinski definition) is 1. The Morgan fingerprint density at radius 1 is 0.919 bits per heavy atom. The second-order valence-electron chi connectivity index (χ2n) is 11.6. The number of ketones is 1. The minimum atomic E-state index is -0.301. The number of carbonyl (C=O) groups is 1. The number of fused-ring (bicyclic) bond motifs is 8. The average molecular weight is 492 g/mol. The summed E-state index contributed by atoms with van der Waals surface area (Å²) in [6.07, 6.45) is 4.38. The lowest BCUT2D eigenvalue weighted by Crippen LogP contribution is -2.75. The van der Waals surface area contributed by atoms with Gasteiger partial charge in [-0.05, 0) is 74.6 Å². The summed E-state index contributed by atoms with van der Waals surface area (Å²) in [5.74, 6) is 0.934. The highest BCUT2D eigenvalue weighted by atomic mass is 16.1. The van der Waals surface area contributed by atoms with Gasteiger partial charge < -0.3 is 15.1 Å². The highest BCUT2D eigenvalue weighted by Gasteiger charge is 2.64. The van der Waals surface area contributed by atoms with Crippen LogP contribution in [0.1, 0.15) is 54.1 Å². The van der Waals surface area contributed by atoms with Gasteiger partial charge in [-0.25, -0.2) is 0 Å². The van der Waals surface area contributed by atoms with E-state index in [2.05, 4.69) is 108 Å². The molecular weight excluding hydrogens is 454 g/mol. The summed E-state index contributed by atoms with van der Waals surface area (Å²) in [4.78, 5) is 19.2. The highest BCUT2D eigenvalue weighted by molar-refractivity contribution is 6.02. The predicted octanol–water partition coefficient (Wildman–Crippen LogP) is 5.79. The molecule has 0 radical (unpaired) electrons. The van der Waals surface area contributed by atoms with E-state index in [1.165, 1.54) is 28.9 Å². The van der Waals surface area contributed by atoms with Crippen molar-refractivity contribution in [1.29, 1.82) is 0 Å². The highest BCUT2D eigenvalue weighted by Crippen LogP contribution is 2.59. The maximum Gasteiger partial charge on any atom is 0.167 e. The molecule has 1 aliphatic carbocycles. The number of nitrogens with one attached hydrogen (secondary N) is 1. The largest absolute Gasteiger partial charge is 0.336 e. The van der Waals surface area contributed by atoms with Gasteiger partial charge in [-0.1, -0.05) is 74.0 Å². The van der Waals surface area contributed by atoms with E-state index in [0.717, 1.165) is 37.9 Å². The summed E-state index contributed by atoms with van der Waals surface area (Å²) in [7, 11) is 2.26. The lowest BCUT2D eigenvalue weighted by atomic mass is 9.50. The SMILES string of the molecule is CCC1CCNC2C1N(c1ccccc1)c1ccccc1C21c2ccccc2C(=O)C2CCCN(C)C21. The van der Waals surface area contributed by atoms with Gasteiger partial charge in [-0.2, -0.15) is 0 Å². The number of hydrogen-bond acceptors (Lipinski definition) is 4. The van der Waals surface area contributed by atoms with E-state index in [4.69, 9.17) is 0 Å². The van der Waals surface area contributed by atoms with Crippen molar-refractivity contribution in [3.8, 4) is 0 Å². The number of anilines is 2. The topological polar surface area (TPSA) is 35.6 Å². The predicted molar refractivity (Wildman–Crippen MR) is 150 cm³/mol.